The molecule has 15 heavy (non-hydrogen) atoms. The van der Waals surface area contributed by atoms with Gasteiger partial charge in [-0.1, -0.05) is 30.3 Å². The van der Waals surface area contributed by atoms with Crippen molar-refractivity contribution in [2.75, 3.05) is 6.54 Å². The van der Waals surface area contributed by atoms with Crippen molar-refractivity contribution in [1.29, 1.82) is 0 Å². The number of benzene rings is 1. The van der Waals surface area contributed by atoms with Crippen molar-refractivity contribution in [1.82, 2.24) is 0 Å². The third kappa shape index (κ3) is 1.73. The highest BCUT2D eigenvalue weighted by Gasteiger charge is 2.60. The van der Waals surface area contributed by atoms with Gasteiger partial charge in [0.2, 0.25) is 0 Å². The molecule has 1 saturated carbocycles. The van der Waals surface area contributed by atoms with E-state index in [0.29, 0.717) is 13.0 Å². The van der Waals surface area contributed by atoms with E-state index in [-0.39, 0.29) is 18.3 Å². The Hall–Kier alpha value is -1.06. The Bertz CT molecular complexity index is 355. The smallest absolute Gasteiger partial charge is 0.314 e. The average molecular weight is 228 g/mol. The van der Waals surface area contributed by atoms with Crippen LogP contribution in [0.15, 0.2) is 30.3 Å². The molecule has 82 valence electrons. The molecule has 3 nitrogen and oxygen atoms in total. The van der Waals surface area contributed by atoms with E-state index in [0.717, 1.165) is 5.56 Å². The predicted octanol–water partition coefficient (Wildman–Crippen LogP) is 1.41. The second-order valence-corrected chi connectivity index (χ2v) is 3.78. The lowest BCUT2D eigenvalue weighted by molar-refractivity contribution is -0.140. The molecule has 1 aromatic carbocycles. The molecule has 1 aliphatic rings. The van der Waals surface area contributed by atoms with Crippen LogP contribution in [0.4, 0.5) is 0 Å². The second-order valence-electron chi connectivity index (χ2n) is 3.78. The van der Waals surface area contributed by atoms with Crippen molar-refractivity contribution >= 4 is 18.4 Å². The first-order valence-corrected chi connectivity index (χ1v) is 4.71. The molecule has 0 heterocycles. The van der Waals surface area contributed by atoms with Gasteiger partial charge in [-0.25, -0.2) is 0 Å². The van der Waals surface area contributed by atoms with Crippen LogP contribution in [0.1, 0.15) is 12.0 Å². The standard InChI is InChI=1S/C11H13NO2.ClH/c12-7-9-6-11(9,10(13)14)8-4-2-1-3-5-8;/h1-5,9H,6-7,12H2,(H,13,14);1H/t9-,11?;/m1./s1. The van der Waals surface area contributed by atoms with Crippen LogP contribution in [-0.2, 0) is 10.2 Å². The van der Waals surface area contributed by atoms with Gasteiger partial charge >= 0.3 is 5.97 Å². The van der Waals surface area contributed by atoms with Gasteiger partial charge in [0.05, 0.1) is 5.41 Å². The highest BCUT2D eigenvalue weighted by Crippen LogP contribution is 2.53. The first-order chi connectivity index (χ1) is 6.71. The van der Waals surface area contributed by atoms with Gasteiger partial charge < -0.3 is 10.8 Å². The molecule has 2 atom stereocenters. The number of hydrogen-bond donors (Lipinski definition) is 2. The largest absolute Gasteiger partial charge is 0.481 e. The fourth-order valence-corrected chi connectivity index (χ4v) is 2.09. The maximum atomic E-state index is 11.2. The van der Waals surface area contributed by atoms with Crippen molar-refractivity contribution in [3.63, 3.8) is 0 Å². The number of carboxylic acid groups (broad SMARTS) is 1. The van der Waals surface area contributed by atoms with Gasteiger partial charge in [0, 0.05) is 0 Å². The van der Waals surface area contributed by atoms with Crippen molar-refractivity contribution in [3.05, 3.63) is 35.9 Å². The number of hydrogen-bond acceptors (Lipinski definition) is 2. The fraction of sp³-hybridized carbons (Fsp3) is 0.364. The van der Waals surface area contributed by atoms with Crippen LogP contribution < -0.4 is 5.73 Å². The fourth-order valence-electron chi connectivity index (χ4n) is 2.09. The molecular weight excluding hydrogens is 214 g/mol. The molecule has 0 aliphatic heterocycles. The topological polar surface area (TPSA) is 63.3 Å². The van der Waals surface area contributed by atoms with Crippen LogP contribution in [0.25, 0.3) is 0 Å². The highest BCUT2D eigenvalue weighted by atomic mass is 35.5. The minimum Gasteiger partial charge on any atom is -0.481 e. The summed E-state index contributed by atoms with van der Waals surface area (Å²) in [6, 6.07) is 9.35. The molecule has 0 radical (unpaired) electrons. The van der Waals surface area contributed by atoms with Gasteiger partial charge in [0.25, 0.3) is 0 Å². The average Bonchev–Trinajstić information content (AvgIpc) is 2.94. The van der Waals surface area contributed by atoms with Crippen LogP contribution >= 0.6 is 12.4 Å². The molecule has 0 bridgehead atoms. The zero-order chi connectivity index (χ0) is 10.2. The predicted molar refractivity (Wildman–Crippen MR) is 60.2 cm³/mol. The number of carboxylic acids is 1. The Kier molecular flexibility index (Phi) is 3.37. The summed E-state index contributed by atoms with van der Waals surface area (Å²) in [7, 11) is 0. The summed E-state index contributed by atoms with van der Waals surface area (Å²) in [5.41, 5.74) is 5.70. The minimum atomic E-state index is -0.751. The third-order valence-electron chi connectivity index (χ3n) is 3.06. The van der Waals surface area contributed by atoms with Crippen molar-refractivity contribution in [3.8, 4) is 0 Å². The van der Waals surface area contributed by atoms with E-state index >= 15 is 0 Å². The Labute approximate surface area is 94.7 Å². The highest BCUT2D eigenvalue weighted by molar-refractivity contribution is 5.86. The molecule has 0 saturated heterocycles. The third-order valence-corrected chi connectivity index (χ3v) is 3.06. The molecule has 1 aliphatic carbocycles. The van der Waals surface area contributed by atoms with Gasteiger partial charge in [-0.2, -0.15) is 0 Å². The summed E-state index contributed by atoms with van der Waals surface area (Å²) in [6.07, 6.45) is 0.669. The molecule has 0 spiro atoms. The van der Waals surface area contributed by atoms with E-state index in [2.05, 4.69) is 0 Å². The Morgan fingerprint density at radius 1 is 1.47 bits per heavy atom. The van der Waals surface area contributed by atoms with E-state index in [1.54, 1.807) is 0 Å². The van der Waals surface area contributed by atoms with Gasteiger partial charge in [-0.3, -0.25) is 4.79 Å². The molecule has 1 aromatic rings. The second kappa shape index (κ2) is 4.21. The number of halogens is 1. The molecule has 0 amide bonds. The SMILES string of the molecule is Cl.NC[C@H]1CC1(C(=O)O)c1ccccc1. The summed E-state index contributed by atoms with van der Waals surface area (Å²) in [5.74, 6) is -0.651. The van der Waals surface area contributed by atoms with Gasteiger partial charge in [-0.15, -0.1) is 12.4 Å². The van der Waals surface area contributed by atoms with E-state index in [9.17, 15) is 9.90 Å². The summed E-state index contributed by atoms with van der Waals surface area (Å²) in [4.78, 5) is 11.2. The molecule has 1 fully saturated rings. The van der Waals surface area contributed by atoms with E-state index in [1.807, 2.05) is 30.3 Å². The van der Waals surface area contributed by atoms with E-state index in [4.69, 9.17) is 5.73 Å². The van der Waals surface area contributed by atoms with Gasteiger partial charge in [-0.05, 0) is 24.4 Å². The zero-order valence-electron chi connectivity index (χ0n) is 8.22. The van der Waals surface area contributed by atoms with Crippen LogP contribution in [-0.4, -0.2) is 17.6 Å². The van der Waals surface area contributed by atoms with Crippen LogP contribution in [0.2, 0.25) is 0 Å². The molecule has 2 rings (SSSR count). The van der Waals surface area contributed by atoms with Crippen molar-refractivity contribution in [2.45, 2.75) is 11.8 Å². The van der Waals surface area contributed by atoms with Crippen molar-refractivity contribution < 1.29 is 9.90 Å². The number of nitrogens with two attached hydrogens (primary N) is 1. The quantitative estimate of drug-likeness (QED) is 0.821. The lowest BCUT2D eigenvalue weighted by atomic mass is 9.93. The summed E-state index contributed by atoms with van der Waals surface area (Å²) < 4.78 is 0. The molecule has 3 N–H and O–H groups in total. The van der Waals surface area contributed by atoms with E-state index in [1.165, 1.54) is 0 Å². The van der Waals surface area contributed by atoms with Crippen molar-refractivity contribution in [2.24, 2.45) is 11.7 Å². The van der Waals surface area contributed by atoms with Gasteiger partial charge in [0.15, 0.2) is 0 Å². The summed E-state index contributed by atoms with van der Waals surface area (Å²) >= 11 is 0. The lowest BCUT2D eigenvalue weighted by Crippen LogP contribution is -2.25. The maximum absolute atomic E-state index is 11.2. The molecule has 0 aromatic heterocycles. The first-order valence-electron chi connectivity index (χ1n) is 4.71. The van der Waals surface area contributed by atoms with Crippen LogP contribution in [0, 0.1) is 5.92 Å². The molecule has 4 heteroatoms. The summed E-state index contributed by atoms with van der Waals surface area (Å²) in [6.45, 7) is 0.446. The maximum Gasteiger partial charge on any atom is 0.314 e. The monoisotopic (exact) mass is 227 g/mol. The lowest BCUT2D eigenvalue weighted by Gasteiger charge is -2.11. The summed E-state index contributed by atoms with van der Waals surface area (Å²) in [5, 5.41) is 9.20. The Morgan fingerprint density at radius 3 is 2.47 bits per heavy atom. The van der Waals surface area contributed by atoms with Crippen LogP contribution in [0.5, 0.6) is 0 Å². The first kappa shape index (κ1) is 12.0. The van der Waals surface area contributed by atoms with Crippen LogP contribution in [0.3, 0.4) is 0 Å². The number of rotatable bonds is 3. The Morgan fingerprint density at radius 2 is 2.07 bits per heavy atom. The number of aliphatic carboxylic acids is 1. The van der Waals surface area contributed by atoms with E-state index < -0.39 is 11.4 Å². The molecule has 1 unspecified atom stereocenters. The van der Waals surface area contributed by atoms with Gasteiger partial charge in [0.1, 0.15) is 0 Å². The minimum absolute atomic E-state index is 0. The molecular formula is C11H14ClNO2. The normalized spacial score (nSPS) is 27.9. The zero-order valence-corrected chi connectivity index (χ0v) is 9.04. The number of carbonyl (C=O) groups is 1. The Balaban J connectivity index is 0.00000112.